The lowest BCUT2D eigenvalue weighted by Crippen LogP contribution is -2.31. The maximum absolute atomic E-state index is 14.1. The van der Waals surface area contributed by atoms with Crippen molar-refractivity contribution >= 4 is 16.9 Å². The van der Waals surface area contributed by atoms with E-state index >= 15 is 0 Å². The first kappa shape index (κ1) is 12.8. The Morgan fingerprint density at radius 2 is 2.05 bits per heavy atom. The normalized spacial score (nSPS) is 15.2. The maximum Gasteiger partial charge on any atom is 0.329 e. The van der Waals surface area contributed by atoms with Crippen LogP contribution in [0.4, 0.5) is 10.2 Å². The van der Waals surface area contributed by atoms with E-state index in [1.54, 1.807) is 6.92 Å². The van der Waals surface area contributed by atoms with E-state index in [1.165, 1.54) is 10.6 Å². The lowest BCUT2D eigenvalue weighted by atomic mass is 10.3. The van der Waals surface area contributed by atoms with E-state index in [-0.39, 0.29) is 16.9 Å². The molecular formula is C13H15FN4O2. The highest BCUT2D eigenvalue weighted by Gasteiger charge is 2.20. The fourth-order valence-corrected chi connectivity index (χ4v) is 2.61. The summed E-state index contributed by atoms with van der Waals surface area (Å²) < 4.78 is 15.5. The number of nitrogens with one attached hydrogen (secondary N) is 1. The van der Waals surface area contributed by atoms with E-state index in [9.17, 15) is 14.0 Å². The summed E-state index contributed by atoms with van der Waals surface area (Å²) in [6.07, 6.45) is 1.99. The van der Waals surface area contributed by atoms with Crippen LogP contribution in [-0.2, 0) is 6.54 Å². The third kappa shape index (κ3) is 1.90. The summed E-state index contributed by atoms with van der Waals surface area (Å²) in [5, 5.41) is 0.104. The van der Waals surface area contributed by atoms with Crippen LogP contribution in [0.5, 0.6) is 0 Å². The summed E-state index contributed by atoms with van der Waals surface area (Å²) in [6, 6.07) is 1.17. The zero-order valence-electron chi connectivity index (χ0n) is 11.1. The molecule has 0 aromatic carbocycles. The van der Waals surface area contributed by atoms with Gasteiger partial charge in [-0.2, -0.15) is 0 Å². The molecule has 0 spiro atoms. The van der Waals surface area contributed by atoms with Gasteiger partial charge < -0.3 is 4.90 Å². The van der Waals surface area contributed by atoms with Crippen LogP contribution >= 0.6 is 0 Å². The SMILES string of the molecule is CCn1c(=O)[nH]c(=O)c2cc(F)c(N3CCCC3)nc21. The molecule has 2 aromatic rings. The minimum atomic E-state index is -0.603. The molecule has 7 heteroatoms. The number of halogens is 1. The van der Waals surface area contributed by atoms with Gasteiger partial charge in [-0.15, -0.1) is 0 Å². The molecule has 1 fully saturated rings. The van der Waals surface area contributed by atoms with Gasteiger partial charge in [0.25, 0.3) is 5.56 Å². The van der Waals surface area contributed by atoms with Crippen molar-refractivity contribution in [3.05, 3.63) is 32.7 Å². The Bertz CT molecular complexity index is 774. The van der Waals surface area contributed by atoms with Crippen LogP contribution in [0.1, 0.15) is 19.8 Å². The molecule has 1 saturated heterocycles. The van der Waals surface area contributed by atoms with Crippen LogP contribution in [-0.4, -0.2) is 27.6 Å². The number of aryl methyl sites for hydroxylation is 1. The van der Waals surface area contributed by atoms with Gasteiger partial charge >= 0.3 is 5.69 Å². The average molecular weight is 278 g/mol. The molecule has 0 amide bonds. The van der Waals surface area contributed by atoms with E-state index in [4.69, 9.17) is 0 Å². The highest BCUT2D eigenvalue weighted by Crippen LogP contribution is 2.23. The quantitative estimate of drug-likeness (QED) is 0.884. The van der Waals surface area contributed by atoms with Crippen LogP contribution in [0.25, 0.3) is 11.0 Å². The van der Waals surface area contributed by atoms with E-state index in [2.05, 4.69) is 9.97 Å². The fourth-order valence-electron chi connectivity index (χ4n) is 2.61. The summed E-state index contributed by atoms with van der Waals surface area (Å²) in [7, 11) is 0. The molecule has 1 aliphatic heterocycles. The number of pyridine rings is 1. The van der Waals surface area contributed by atoms with Crippen molar-refractivity contribution in [2.24, 2.45) is 0 Å². The largest absolute Gasteiger partial charge is 0.354 e. The molecule has 3 rings (SSSR count). The molecular weight excluding hydrogens is 263 g/mol. The summed E-state index contributed by atoms with van der Waals surface area (Å²) in [5.74, 6) is -0.298. The van der Waals surface area contributed by atoms with Gasteiger partial charge in [0.05, 0.1) is 5.39 Å². The third-order valence-corrected chi connectivity index (χ3v) is 3.63. The second-order valence-electron chi connectivity index (χ2n) is 4.86. The zero-order valence-corrected chi connectivity index (χ0v) is 11.1. The van der Waals surface area contributed by atoms with Gasteiger partial charge in [-0.3, -0.25) is 14.3 Å². The number of hydrogen-bond acceptors (Lipinski definition) is 4. The molecule has 20 heavy (non-hydrogen) atoms. The first-order valence-corrected chi connectivity index (χ1v) is 6.70. The van der Waals surface area contributed by atoms with Crippen LogP contribution in [0.2, 0.25) is 0 Å². The van der Waals surface area contributed by atoms with Gasteiger partial charge in [0, 0.05) is 19.6 Å². The highest BCUT2D eigenvalue weighted by molar-refractivity contribution is 5.76. The predicted octanol–water partition coefficient (Wildman–Crippen LogP) is 0.844. The number of fused-ring (bicyclic) bond motifs is 1. The summed E-state index contributed by atoms with van der Waals surface area (Å²) in [5.41, 5.74) is -0.880. The smallest absolute Gasteiger partial charge is 0.329 e. The molecule has 0 atom stereocenters. The Morgan fingerprint density at radius 3 is 2.70 bits per heavy atom. The lowest BCUT2D eigenvalue weighted by Gasteiger charge is -2.18. The van der Waals surface area contributed by atoms with Gasteiger partial charge in [0.2, 0.25) is 0 Å². The topological polar surface area (TPSA) is 71.0 Å². The number of hydrogen-bond donors (Lipinski definition) is 1. The minimum Gasteiger partial charge on any atom is -0.354 e. The summed E-state index contributed by atoms with van der Waals surface area (Å²) in [4.78, 5) is 31.8. The summed E-state index contributed by atoms with van der Waals surface area (Å²) in [6.45, 7) is 3.63. The highest BCUT2D eigenvalue weighted by atomic mass is 19.1. The molecule has 2 aromatic heterocycles. The first-order chi connectivity index (χ1) is 9.61. The Balaban J connectivity index is 2.32. The van der Waals surface area contributed by atoms with E-state index in [0.29, 0.717) is 6.54 Å². The number of rotatable bonds is 2. The number of nitrogens with zero attached hydrogens (tertiary/aromatic N) is 3. The van der Waals surface area contributed by atoms with Gasteiger partial charge in [-0.1, -0.05) is 0 Å². The summed E-state index contributed by atoms with van der Waals surface area (Å²) >= 11 is 0. The van der Waals surface area contributed by atoms with Crippen LogP contribution < -0.4 is 16.1 Å². The van der Waals surface area contributed by atoms with E-state index in [1.807, 2.05) is 4.90 Å². The van der Waals surface area contributed by atoms with Crippen LogP contribution in [0.3, 0.4) is 0 Å². The van der Waals surface area contributed by atoms with Gasteiger partial charge in [-0.25, -0.2) is 14.2 Å². The number of H-pyrrole nitrogens is 1. The van der Waals surface area contributed by atoms with Crippen molar-refractivity contribution in [3.63, 3.8) is 0 Å². The van der Waals surface area contributed by atoms with Crippen molar-refractivity contribution in [1.29, 1.82) is 0 Å². The standard InChI is InChI=1S/C13H15FN4O2/c1-2-18-10-8(12(19)16-13(18)20)7-9(14)11(15-10)17-5-3-4-6-17/h7H,2-6H2,1H3,(H,16,19,20). The first-order valence-electron chi connectivity index (χ1n) is 6.70. The monoisotopic (exact) mass is 278 g/mol. The molecule has 1 aliphatic rings. The third-order valence-electron chi connectivity index (χ3n) is 3.63. The van der Waals surface area contributed by atoms with Crippen LogP contribution in [0.15, 0.2) is 15.7 Å². The molecule has 0 radical (unpaired) electrons. The Kier molecular flexibility index (Phi) is 3.04. The maximum atomic E-state index is 14.1. The van der Waals surface area contributed by atoms with Crippen molar-refractivity contribution in [2.45, 2.75) is 26.3 Å². The molecule has 3 heterocycles. The van der Waals surface area contributed by atoms with Crippen molar-refractivity contribution in [1.82, 2.24) is 14.5 Å². The van der Waals surface area contributed by atoms with E-state index < -0.39 is 17.1 Å². The lowest BCUT2D eigenvalue weighted by molar-refractivity contribution is 0.615. The molecule has 6 nitrogen and oxygen atoms in total. The van der Waals surface area contributed by atoms with Crippen molar-refractivity contribution in [2.75, 3.05) is 18.0 Å². The molecule has 0 unspecified atom stereocenters. The van der Waals surface area contributed by atoms with Crippen molar-refractivity contribution in [3.8, 4) is 0 Å². The van der Waals surface area contributed by atoms with Crippen LogP contribution in [0, 0.1) is 5.82 Å². The number of anilines is 1. The Hall–Kier alpha value is -2.18. The zero-order chi connectivity index (χ0) is 14.3. The Morgan fingerprint density at radius 1 is 1.35 bits per heavy atom. The Labute approximate surface area is 113 Å². The number of aromatic nitrogens is 3. The van der Waals surface area contributed by atoms with Crippen molar-refractivity contribution < 1.29 is 4.39 Å². The molecule has 0 aliphatic carbocycles. The molecule has 0 bridgehead atoms. The second-order valence-corrected chi connectivity index (χ2v) is 4.86. The minimum absolute atomic E-state index is 0.104. The van der Waals surface area contributed by atoms with Gasteiger partial charge in [0.15, 0.2) is 17.3 Å². The average Bonchev–Trinajstić information content (AvgIpc) is 2.93. The van der Waals surface area contributed by atoms with Gasteiger partial charge in [0.1, 0.15) is 0 Å². The molecule has 0 saturated carbocycles. The fraction of sp³-hybridized carbons (Fsp3) is 0.462. The van der Waals surface area contributed by atoms with Gasteiger partial charge in [-0.05, 0) is 25.8 Å². The molecule has 106 valence electrons. The van der Waals surface area contributed by atoms with E-state index in [0.717, 1.165) is 25.9 Å². The second kappa shape index (κ2) is 4.73. The molecule has 1 N–H and O–H groups in total. The predicted molar refractivity (Wildman–Crippen MR) is 73.7 cm³/mol. The number of aromatic amines is 1.